The summed E-state index contributed by atoms with van der Waals surface area (Å²) in [5.74, 6) is -0.805. The van der Waals surface area contributed by atoms with E-state index < -0.39 is 12.1 Å². The summed E-state index contributed by atoms with van der Waals surface area (Å²) in [5.41, 5.74) is 0. The van der Waals surface area contributed by atoms with Gasteiger partial charge in [0.1, 0.15) is 0 Å². The fourth-order valence-corrected chi connectivity index (χ4v) is 2.30. The van der Waals surface area contributed by atoms with Gasteiger partial charge >= 0.3 is 12.0 Å². The number of hydrogen-bond donors (Lipinski definition) is 2. The molecule has 0 radical (unpaired) electrons. The standard InChI is InChI=1S/C13H23N3O4/c1-4-14-13(19)15-11(17)9(2)16-7-5-6-10(8-16)12(18)20-3/h9-10H,4-8H2,1-3H3,(H2,14,15,17,19)/t9?,10-/m0/s1. The van der Waals surface area contributed by atoms with Gasteiger partial charge in [-0.15, -0.1) is 0 Å². The zero-order valence-corrected chi connectivity index (χ0v) is 12.3. The number of piperidine rings is 1. The molecule has 0 aromatic carbocycles. The highest BCUT2D eigenvalue weighted by Gasteiger charge is 2.31. The average Bonchev–Trinajstić information content (AvgIpc) is 2.45. The molecule has 1 rings (SSSR count). The fraction of sp³-hybridized carbons (Fsp3) is 0.769. The van der Waals surface area contributed by atoms with Crippen LogP contribution in [-0.4, -0.2) is 55.6 Å². The second-order valence-electron chi connectivity index (χ2n) is 4.88. The van der Waals surface area contributed by atoms with E-state index in [1.165, 1.54) is 7.11 Å². The van der Waals surface area contributed by atoms with Gasteiger partial charge in [-0.3, -0.25) is 19.8 Å². The molecule has 0 aliphatic carbocycles. The van der Waals surface area contributed by atoms with Gasteiger partial charge in [-0.25, -0.2) is 4.79 Å². The highest BCUT2D eigenvalue weighted by molar-refractivity contribution is 5.96. The molecule has 3 amide bonds. The quantitative estimate of drug-likeness (QED) is 0.716. The SMILES string of the molecule is CCNC(=O)NC(=O)C(C)N1CCC[C@H](C(=O)OC)C1. The number of carbonyl (C=O) groups is 3. The normalized spacial score (nSPS) is 20.9. The number of methoxy groups -OCH3 is 1. The van der Waals surface area contributed by atoms with E-state index in [1.807, 2.05) is 4.90 Å². The Hall–Kier alpha value is -1.63. The number of nitrogens with one attached hydrogen (secondary N) is 2. The van der Waals surface area contributed by atoms with Crippen LogP contribution < -0.4 is 10.6 Å². The van der Waals surface area contributed by atoms with Crippen molar-refractivity contribution in [3.63, 3.8) is 0 Å². The number of ether oxygens (including phenoxy) is 1. The molecule has 1 unspecified atom stereocenters. The van der Waals surface area contributed by atoms with Gasteiger partial charge in [0.25, 0.3) is 0 Å². The van der Waals surface area contributed by atoms with E-state index in [0.29, 0.717) is 13.1 Å². The van der Waals surface area contributed by atoms with Gasteiger partial charge in [-0.05, 0) is 33.2 Å². The summed E-state index contributed by atoms with van der Waals surface area (Å²) in [6.45, 7) is 5.18. The molecule has 1 aliphatic rings. The fourth-order valence-electron chi connectivity index (χ4n) is 2.30. The topological polar surface area (TPSA) is 87.7 Å². The van der Waals surface area contributed by atoms with Crippen LogP contribution in [0.1, 0.15) is 26.7 Å². The van der Waals surface area contributed by atoms with E-state index in [0.717, 1.165) is 19.4 Å². The Balaban J connectivity index is 2.53. The molecular formula is C13H23N3O4. The summed E-state index contributed by atoms with van der Waals surface area (Å²) >= 11 is 0. The summed E-state index contributed by atoms with van der Waals surface area (Å²) < 4.78 is 4.74. The molecule has 0 saturated carbocycles. The third-order valence-electron chi connectivity index (χ3n) is 3.49. The number of carbonyl (C=O) groups excluding carboxylic acids is 3. The molecule has 7 nitrogen and oxygen atoms in total. The van der Waals surface area contributed by atoms with Crippen molar-refractivity contribution in [2.24, 2.45) is 5.92 Å². The third kappa shape index (κ3) is 4.48. The monoisotopic (exact) mass is 285 g/mol. The third-order valence-corrected chi connectivity index (χ3v) is 3.49. The van der Waals surface area contributed by atoms with Crippen LogP contribution in [-0.2, 0) is 14.3 Å². The predicted molar refractivity (Wildman–Crippen MR) is 73.0 cm³/mol. The zero-order chi connectivity index (χ0) is 15.1. The van der Waals surface area contributed by atoms with E-state index in [1.54, 1.807) is 13.8 Å². The van der Waals surface area contributed by atoms with Crippen LogP contribution in [0.3, 0.4) is 0 Å². The average molecular weight is 285 g/mol. The number of amides is 3. The lowest BCUT2D eigenvalue weighted by atomic mass is 9.97. The first-order chi connectivity index (χ1) is 9.49. The van der Waals surface area contributed by atoms with Gasteiger partial charge in [0.05, 0.1) is 19.1 Å². The maximum Gasteiger partial charge on any atom is 0.321 e. The Labute approximate surface area is 119 Å². The van der Waals surface area contributed by atoms with Gasteiger partial charge in [0, 0.05) is 13.1 Å². The maximum absolute atomic E-state index is 11.9. The second kappa shape index (κ2) is 7.84. The summed E-state index contributed by atoms with van der Waals surface area (Å²) in [7, 11) is 1.37. The van der Waals surface area contributed by atoms with Crippen LogP contribution in [0.5, 0.6) is 0 Å². The summed E-state index contributed by atoms with van der Waals surface area (Å²) in [6.07, 6.45) is 1.60. The molecule has 1 saturated heterocycles. The van der Waals surface area contributed by atoms with E-state index in [2.05, 4.69) is 10.6 Å². The Morgan fingerprint density at radius 3 is 2.70 bits per heavy atom. The van der Waals surface area contributed by atoms with Gasteiger partial charge < -0.3 is 10.1 Å². The Morgan fingerprint density at radius 2 is 2.10 bits per heavy atom. The number of imide groups is 1. The van der Waals surface area contributed by atoms with Crippen molar-refractivity contribution >= 4 is 17.9 Å². The summed E-state index contributed by atoms with van der Waals surface area (Å²) in [6, 6.07) is -0.948. The van der Waals surface area contributed by atoms with Crippen LogP contribution in [0.2, 0.25) is 0 Å². The van der Waals surface area contributed by atoms with E-state index in [9.17, 15) is 14.4 Å². The van der Waals surface area contributed by atoms with Crippen LogP contribution in [0.15, 0.2) is 0 Å². The molecular weight excluding hydrogens is 262 g/mol. The lowest BCUT2D eigenvalue weighted by Crippen LogP contribution is -2.52. The van der Waals surface area contributed by atoms with E-state index >= 15 is 0 Å². The van der Waals surface area contributed by atoms with Crippen molar-refractivity contribution in [1.29, 1.82) is 0 Å². The Bertz CT molecular complexity index is 373. The smallest absolute Gasteiger partial charge is 0.321 e. The van der Waals surface area contributed by atoms with Crippen molar-refractivity contribution in [1.82, 2.24) is 15.5 Å². The van der Waals surface area contributed by atoms with Crippen molar-refractivity contribution in [3.05, 3.63) is 0 Å². The lowest BCUT2D eigenvalue weighted by Gasteiger charge is -2.34. The first kappa shape index (κ1) is 16.4. The second-order valence-corrected chi connectivity index (χ2v) is 4.88. The first-order valence-electron chi connectivity index (χ1n) is 6.90. The molecule has 0 aromatic heterocycles. The maximum atomic E-state index is 11.9. The minimum Gasteiger partial charge on any atom is -0.469 e. The minimum atomic E-state index is -0.495. The largest absolute Gasteiger partial charge is 0.469 e. The van der Waals surface area contributed by atoms with Crippen molar-refractivity contribution < 1.29 is 19.1 Å². The highest BCUT2D eigenvalue weighted by atomic mass is 16.5. The highest BCUT2D eigenvalue weighted by Crippen LogP contribution is 2.19. The number of esters is 1. The molecule has 0 bridgehead atoms. The van der Waals surface area contributed by atoms with E-state index in [-0.39, 0.29) is 17.8 Å². The number of likely N-dealkylation sites (tertiary alicyclic amines) is 1. The van der Waals surface area contributed by atoms with Gasteiger partial charge in [-0.2, -0.15) is 0 Å². The van der Waals surface area contributed by atoms with Crippen molar-refractivity contribution in [2.75, 3.05) is 26.7 Å². The van der Waals surface area contributed by atoms with Crippen LogP contribution in [0.25, 0.3) is 0 Å². The number of urea groups is 1. The zero-order valence-electron chi connectivity index (χ0n) is 12.3. The summed E-state index contributed by atoms with van der Waals surface area (Å²) in [4.78, 5) is 36.7. The van der Waals surface area contributed by atoms with Gasteiger partial charge in [0.15, 0.2) is 0 Å². The lowest BCUT2D eigenvalue weighted by molar-refractivity contribution is -0.148. The van der Waals surface area contributed by atoms with E-state index in [4.69, 9.17) is 4.74 Å². The Morgan fingerprint density at radius 1 is 1.40 bits per heavy atom. The first-order valence-corrected chi connectivity index (χ1v) is 6.90. The Kier molecular flexibility index (Phi) is 6.44. The minimum absolute atomic E-state index is 0.200. The molecule has 1 aliphatic heterocycles. The number of hydrogen-bond acceptors (Lipinski definition) is 5. The van der Waals surface area contributed by atoms with Crippen LogP contribution in [0, 0.1) is 5.92 Å². The molecule has 0 aromatic rings. The van der Waals surface area contributed by atoms with Crippen LogP contribution in [0.4, 0.5) is 4.79 Å². The molecule has 7 heteroatoms. The van der Waals surface area contributed by atoms with Crippen molar-refractivity contribution in [2.45, 2.75) is 32.7 Å². The summed E-state index contributed by atoms with van der Waals surface area (Å²) in [5, 5.41) is 4.80. The molecule has 1 fully saturated rings. The predicted octanol–water partition coefficient (Wildman–Crippen LogP) is 0.106. The van der Waals surface area contributed by atoms with Gasteiger partial charge in [-0.1, -0.05) is 0 Å². The molecule has 2 atom stereocenters. The molecule has 20 heavy (non-hydrogen) atoms. The van der Waals surface area contributed by atoms with Crippen molar-refractivity contribution in [3.8, 4) is 0 Å². The molecule has 114 valence electrons. The van der Waals surface area contributed by atoms with Crippen LogP contribution >= 0.6 is 0 Å². The molecule has 2 N–H and O–H groups in total. The molecule has 1 heterocycles. The number of nitrogens with zero attached hydrogens (tertiary/aromatic N) is 1. The number of rotatable bonds is 4. The molecule has 0 spiro atoms. The van der Waals surface area contributed by atoms with Gasteiger partial charge in [0.2, 0.25) is 5.91 Å².